The zero-order chi connectivity index (χ0) is 29.2. The molecule has 0 aromatic rings. The third kappa shape index (κ3) is 7.78. The maximum absolute atomic E-state index is 13.7. The number of nitrogens with one attached hydrogen (secondary N) is 2. The van der Waals surface area contributed by atoms with Crippen molar-refractivity contribution in [3.05, 3.63) is 0 Å². The summed E-state index contributed by atoms with van der Waals surface area (Å²) in [5, 5.41) is 6.03. The van der Waals surface area contributed by atoms with Crippen molar-refractivity contribution in [2.75, 3.05) is 6.54 Å². The third-order valence-corrected chi connectivity index (χ3v) is 9.11. The number of carbonyl (C=O) groups excluding carboxylic acids is 3. The van der Waals surface area contributed by atoms with Gasteiger partial charge in [-0.2, -0.15) is 0 Å². The van der Waals surface area contributed by atoms with Crippen LogP contribution in [0.15, 0.2) is 0 Å². The van der Waals surface area contributed by atoms with Crippen molar-refractivity contribution in [1.82, 2.24) is 10.6 Å². The predicted octanol–water partition coefficient (Wildman–Crippen LogP) is 4.83. The van der Waals surface area contributed by atoms with E-state index in [1.165, 1.54) is 0 Å². The molecular formula is C30H53BN2O6. The van der Waals surface area contributed by atoms with Crippen LogP contribution in [0.3, 0.4) is 0 Å². The molecule has 4 fully saturated rings. The average Bonchev–Trinajstić information content (AvgIpc) is 3.17. The van der Waals surface area contributed by atoms with E-state index in [0.717, 1.165) is 32.1 Å². The van der Waals surface area contributed by atoms with Crippen LogP contribution in [0.1, 0.15) is 114 Å². The van der Waals surface area contributed by atoms with Gasteiger partial charge in [0.15, 0.2) is 0 Å². The molecule has 4 rings (SSSR count). The Morgan fingerprint density at radius 1 is 1.10 bits per heavy atom. The third-order valence-electron chi connectivity index (χ3n) is 9.11. The van der Waals surface area contributed by atoms with E-state index in [4.69, 9.17) is 14.0 Å². The first-order chi connectivity index (χ1) is 18.1. The highest BCUT2D eigenvalue weighted by Crippen LogP contribution is 2.65. The number of unbranched alkanes of at least 4 members (excludes halogenated alkanes) is 2. The largest absolute Gasteiger partial charge is 0.481 e. The van der Waals surface area contributed by atoms with Gasteiger partial charge >= 0.3 is 13.1 Å². The topological polar surface area (TPSA) is 103 Å². The Labute approximate surface area is 236 Å². The molecule has 1 aliphatic heterocycles. The zero-order valence-electron chi connectivity index (χ0n) is 25.9. The van der Waals surface area contributed by atoms with Gasteiger partial charge in [-0.1, -0.05) is 47.5 Å². The van der Waals surface area contributed by atoms with Crippen molar-refractivity contribution in [2.45, 2.75) is 137 Å². The second-order valence-corrected chi connectivity index (χ2v) is 14.3. The van der Waals surface area contributed by atoms with Crippen LogP contribution in [0, 0.1) is 29.1 Å². The average molecular weight is 549 g/mol. The fraction of sp³-hybridized carbons (Fsp3) is 0.900. The lowest BCUT2D eigenvalue weighted by molar-refractivity contribution is -0.199. The van der Waals surface area contributed by atoms with E-state index in [1.54, 1.807) is 20.8 Å². The van der Waals surface area contributed by atoms with Crippen LogP contribution in [0.5, 0.6) is 0 Å². The minimum Gasteiger partial charge on any atom is -0.460 e. The standard InChI is InChI=1S/C30H53BN2O6/c1-10-11-12-13-25(34)32-18-20(15-26(35)37-28(4,5)6)27(36)33-24(14-19(2)3)31-38-23-17-21-16-22(29(21,7)8)30(23,9)39-31/h19-24H,10-18H2,1-9H3,(H,32,34)(H,33,36)/t20-,21-,22-,23+,24-,30-/m0/s1. The molecule has 2 N–H and O–H groups in total. The van der Waals surface area contributed by atoms with Crippen LogP contribution in [-0.2, 0) is 28.4 Å². The van der Waals surface area contributed by atoms with E-state index >= 15 is 0 Å². The highest BCUT2D eigenvalue weighted by atomic mass is 16.7. The Morgan fingerprint density at radius 3 is 2.38 bits per heavy atom. The molecule has 2 bridgehead atoms. The summed E-state index contributed by atoms with van der Waals surface area (Å²) < 4.78 is 18.7. The van der Waals surface area contributed by atoms with Gasteiger partial charge in [0.2, 0.25) is 11.8 Å². The molecule has 4 aliphatic rings. The summed E-state index contributed by atoms with van der Waals surface area (Å²) in [5.74, 6) is -0.611. The smallest absolute Gasteiger partial charge is 0.460 e. The molecule has 0 radical (unpaired) electrons. The summed E-state index contributed by atoms with van der Waals surface area (Å²) in [7, 11) is -0.549. The number of hydrogen-bond donors (Lipinski definition) is 2. The lowest BCUT2D eigenvalue weighted by atomic mass is 9.43. The van der Waals surface area contributed by atoms with E-state index in [0.29, 0.717) is 30.6 Å². The molecule has 0 spiro atoms. The first kappa shape index (κ1) is 31.9. The van der Waals surface area contributed by atoms with Gasteiger partial charge in [-0.15, -0.1) is 0 Å². The van der Waals surface area contributed by atoms with Crippen molar-refractivity contribution < 1.29 is 28.4 Å². The fourth-order valence-corrected chi connectivity index (χ4v) is 6.82. The van der Waals surface area contributed by atoms with Gasteiger partial charge in [0.05, 0.1) is 30.0 Å². The molecule has 9 heteroatoms. The van der Waals surface area contributed by atoms with E-state index in [2.05, 4.69) is 52.2 Å². The van der Waals surface area contributed by atoms with Crippen LogP contribution in [0.25, 0.3) is 0 Å². The Kier molecular flexibility index (Phi) is 10.2. The molecule has 222 valence electrons. The maximum atomic E-state index is 13.7. The molecule has 0 aromatic carbocycles. The molecule has 6 atom stereocenters. The predicted molar refractivity (Wildman–Crippen MR) is 153 cm³/mol. The monoisotopic (exact) mass is 548 g/mol. The van der Waals surface area contributed by atoms with Gasteiger partial charge in [0.25, 0.3) is 0 Å². The van der Waals surface area contributed by atoms with Gasteiger partial charge in [0.1, 0.15) is 5.60 Å². The fourth-order valence-electron chi connectivity index (χ4n) is 6.82. The Morgan fingerprint density at radius 2 is 1.79 bits per heavy atom. The summed E-state index contributed by atoms with van der Waals surface area (Å²) in [5.41, 5.74) is -0.799. The molecule has 1 heterocycles. The first-order valence-electron chi connectivity index (χ1n) is 15.2. The van der Waals surface area contributed by atoms with Crippen molar-refractivity contribution in [3.8, 4) is 0 Å². The molecule has 0 unspecified atom stereocenters. The van der Waals surface area contributed by atoms with Crippen LogP contribution >= 0.6 is 0 Å². The molecule has 3 aliphatic carbocycles. The lowest BCUT2D eigenvalue weighted by Gasteiger charge is -2.64. The second-order valence-electron chi connectivity index (χ2n) is 14.3. The van der Waals surface area contributed by atoms with Crippen molar-refractivity contribution in [2.24, 2.45) is 29.1 Å². The minimum absolute atomic E-state index is 0.0193. The quantitative estimate of drug-likeness (QED) is 0.194. The van der Waals surface area contributed by atoms with Gasteiger partial charge in [0, 0.05) is 13.0 Å². The Hall–Kier alpha value is -1.61. The number of carbonyl (C=O) groups is 3. The van der Waals surface area contributed by atoms with E-state index in [1.807, 2.05) is 0 Å². The maximum Gasteiger partial charge on any atom is 0.481 e. The summed E-state index contributed by atoms with van der Waals surface area (Å²) in [6.07, 6.45) is 5.94. The van der Waals surface area contributed by atoms with Crippen LogP contribution in [0.2, 0.25) is 0 Å². The number of hydrogen-bond acceptors (Lipinski definition) is 6. The number of esters is 1. The molecule has 0 aromatic heterocycles. The summed E-state index contributed by atoms with van der Waals surface area (Å²) in [6.45, 7) is 18.6. The number of rotatable bonds is 13. The second kappa shape index (κ2) is 12.5. The molecule has 3 saturated carbocycles. The van der Waals surface area contributed by atoms with Crippen molar-refractivity contribution in [1.29, 1.82) is 0 Å². The highest BCUT2D eigenvalue weighted by molar-refractivity contribution is 6.47. The van der Waals surface area contributed by atoms with Crippen molar-refractivity contribution in [3.63, 3.8) is 0 Å². The highest BCUT2D eigenvalue weighted by Gasteiger charge is 2.68. The Bertz CT molecular complexity index is 887. The van der Waals surface area contributed by atoms with Crippen molar-refractivity contribution >= 4 is 24.9 Å². The zero-order valence-corrected chi connectivity index (χ0v) is 25.9. The van der Waals surface area contributed by atoms with Gasteiger partial charge < -0.3 is 24.7 Å². The van der Waals surface area contributed by atoms with E-state index < -0.39 is 24.6 Å². The first-order valence-corrected chi connectivity index (χ1v) is 15.2. The molecule has 8 nitrogen and oxygen atoms in total. The van der Waals surface area contributed by atoms with Crippen LogP contribution in [-0.4, -0.2) is 54.7 Å². The van der Waals surface area contributed by atoms with Gasteiger partial charge in [-0.05, 0) is 76.5 Å². The normalized spacial score (nSPS) is 28.8. The molecular weight excluding hydrogens is 495 g/mol. The Balaban J connectivity index is 1.70. The van der Waals surface area contributed by atoms with Crippen LogP contribution in [0.4, 0.5) is 0 Å². The molecule has 1 saturated heterocycles. The van der Waals surface area contributed by atoms with Gasteiger partial charge in [-0.3, -0.25) is 14.4 Å². The van der Waals surface area contributed by atoms with Crippen LogP contribution < -0.4 is 10.6 Å². The SMILES string of the molecule is CCCCCC(=O)NC[C@H](CC(=O)OC(C)(C)C)C(=O)N[C@@H](CC(C)C)B1O[C@@H]2C[C@@H]3C[C@@H](C3(C)C)[C@]2(C)O1. The summed E-state index contributed by atoms with van der Waals surface area (Å²) in [4.78, 5) is 38.8. The molecule has 39 heavy (non-hydrogen) atoms. The van der Waals surface area contributed by atoms with Gasteiger partial charge in [-0.25, -0.2) is 0 Å². The minimum atomic E-state index is -0.754. The number of amides is 2. The number of ether oxygens (including phenoxy) is 1. The lowest BCUT2D eigenvalue weighted by Crippen LogP contribution is -2.65. The molecule has 2 amide bonds. The summed E-state index contributed by atoms with van der Waals surface area (Å²) in [6, 6.07) is 0. The van der Waals surface area contributed by atoms with E-state index in [-0.39, 0.29) is 47.8 Å². The summed E-state index contributed by atoms with van der Waals surface area (Å²) >= 11 is 0. The van der Waals surface area contributed by atoms with E-state index in [9.17, 15) is 14.4 Å².